The normalized spacial score (nSPS) is 10.7. The highest BCUT2D eigenvalue weighted by atomic mass is 16.5. The van der Waals surface area contributed by atoms with E-state index in [0.717, 1.165) is 22.2 Å². The van der Waals surface area contributed by atoms with Gasteiger partial charge in [0.15, 0.2) is 0 Å². The Balaban J connectivity index is 2.01. The average Bonchev–Trinajstić information content (AvgIpc) is 2.90. The number of hydrogen-bond donors (Lipinski definition) is 1. The smallest absolute Gasteiger partial charge is 0.249 e. The van der Waals surface area contributed by atoms with Crippen molar-refractivity contribution in [2.24, 2.45) is 5.73 Å². The molecular weight excluding hydrogens is 264 g/mol. The molecule has 0 aliphatic carbocycles. The van der Waals surface area contributed by atoms with Crippen LogP contribution in [0.15, 0.2) is 54.7 Å². The van der Waals surface area contributed by atoms with Crippen LogP contribution in [0.5, 0.6) is 5.75 Å². The molecule has 4 nitrogen and oxygen atoms in total. The number of nitrogens with zero attached hydrogens (tertiary/aromatic N) is 1. The summed E-state index contributed by atoms with van der Waals surface area (Å²) in [6.45, 7) is 0.606. The quantitative estimate of drug-likeness (QED) is 0.799. The third kappa shape index (κ3) is 2.48. The molecule has 0 aliphatic heterocycles. The van der Waals surface area contributed by atoms with E-state index in [1.165, 1.54) is 0 Å². The van der Waals surface area contributed by atoms with Gasteiger partial charge in [0.2, 0.25) is 5.91 Å². The first-order chi connectivity index (χ1) is 10.2. The Morgan fingerprint density at radius 2 is 2.00 bits per heavy atom. The lowest BCUT2D eigenvalue weighted by Crippen LogP contribution is -2.14. The van der Waals surface area contributed by atoms with Gasteiger partial charge in [-0.1, -0.05) is 18.2 Å². The van der Waals surface area contributed by atoms with Crippen molar-refractivity contribution in [2.75, 3.05) is 7.11 Å². The molecule has 0 aliphatic rings. The van der Waals surface area contributed by atoms with E-state index >= 15 is 0 Å². The molecule has 1 heterocycles. The van der Waals surface area contributed by atoms with Gasteiger partial charge in [-0.25, -0.2) is 0 Å². The van der Waals surface area contributed by atoms with E-state index in [1.54, 1.807) is 13.2 Å². The first kappa shape index (κ1) is 13.2. The van der Waals surface area contributed by atoms with Crippen LogP contribution in [-0.4, -0.2) is 17.6 Å². The minimum atomic E-state index is -0.399. The van der Waals surface area contributed by atoms with Gasteiger partial charge in [-0.3, -0.25) is 4.79 Å². The van der Waals surface area contributed by atoms with Crippen LogP contribution >= 0.6 is 0 Å². The molecule has 0 radical (unpaired) electrons. The molecule has 4 heteroatoms. The van der Waals surface area contributed by atoms with Gasteiger partial charge in [0.25, 0.3) is 0 Å². The van der Waals surface area contributed by atoms with Gasteiger partial charge in [-0.2, -0.15) is 0 Å². The highest BCUT2D eigenvalue weighted by molar-refractivity contribution is 5.94. The second-order valence-corrected chi connectivity index (χ2v) is 4.89. The Labute approximate surface area is 122 Å². The third-order valence-electron chi connectivity index (χ3n) is 3.60. The molecule has 3 rings (SSSR count). The maximum atomic E-state index is 11.5. The van der Waals surface area contributed by atoms with Crippen LogP contribution in [0.1, 0.15) is 15.9 Å². The first-order valence-corrected chi connectivity index (χ1v) is 6.69. The first-order valence-electron chi connectivity index (χ1n) is 6.69. The summed E-state index contributed by atoms with van der Waals surface area (Å²) in [7, 11) is 1.65. The topological polar surface area (TPSA) is 57.2 Å². The van der Waals surface area contributed by atoms with E-state index in [1.807, 2.05) is 48.7 Å². The van der Waals surface area contributed by atoms with Gasteiger partial charge in [0.05, 0.1) is 7.11 Å². The van der Waals surface area contributed by atoms with Crippen molar-refractivity contribution >= 4 is 16.8 Å². The minimum absolute atomic E-state index is 0.399. The van der Waals surface area contributed by atoms with E-state index in [2.05, 4.69) is 4.57 Å². The standard InChI is InChI=1S/C17H16N2O2/c1-21-14-6-7-16-12(10-14)8-9-19(16)11-13-4-2-3-5-15(13)17(18)20/h2-10H,11H2,1H3,(H2,18,20). The summed E-state index contributed by atoms with van der Waals surface area (Å²) in [5, 5.41) is 1.10. The maximum Gasteiger partial charge on any atom is 0.249 e. The van der Waals surface area contributed by atoms with E-state index < -0.39 is 5.91 Å². The molecular formula is C17H16N2O2. The summed E-state index contributed by atoms with van der Waals surface area (Å²) in [5.41, 5.74) is 8.00. The summed E-state index contributed by atoms with van der Waals surface area (Å²) >= 11 is 0. The molecule has 3 aromatic rings. The number of hydrogen-bond acceptors (Lipinski definition) is 2. The number of carbonyl (C=O) groups is 1. The van der Waals surface area contributed by atoms with Crippen molar-refractivity contribution in [3.05, 3.63) is 65.9 Å². The highest BCUT2D eigenvalue weighted by Gasteiger charge is 2.09. The summed E-state index contributed by atoms with van der Waals surface area (Å²) in [6, 6.07) is 15.4. The van der Waals surface area contributed by atoms with Crippen molar-refractivity contribution in [3.63, 3.8) is 0 Å². The molecule has 0 fully saturated rings. The molecule has 1 amide bonds. The molecule has 1 aromatic heterocycles. The Bertz CT molecular complexity index is 805. The van der Waals surface area contributed by atoms with E-state index in [0.29, 0.717) is 12.1 Å². The highest BCUT2D eigenvalue weighted by Crippen LogP contribution is 2.23. The number of benzene rings is 2. The number of primary amides is 1. The molecule has 21 heavy (non-hydrogen) atoms. The van der Waals surface area contributed by atoms with Gasteiger partial charge in [-0.15, -0.1) is 0 Å². The van der Waals surface area contributed by atoms with Crippen molar-refractivity contribution < 1.29 is 9.53 Å². The van der Waals surface area contributed by atoms with E-state index in [9.17, 15) is 4.79 Å². The zero-order chi connectivity index (χ0) is 14.8. The lowest BCUT2D eigenvalue weighted by Gasteiger charge is -2.09. The lowest BCUT2D eigenvalue weighted by molar-refractivity contribution is 0.0999. The molecule has 2 aromatic carbocycles. The molecule has 0 saturated carbocycles. The molecule has 0 bridgehead atoms. The van der Waals surface area contributed by atoms with Crippen LogP contribution in [0.4, 0.5) is 0 Å². The predicted octanol–water partition coefficient (Wildman–Crippen LogP) is 2.80. The largest absolute Gasteiger partial charge is 0.497 e. The fourth-order valence-corrected chi connectivity index (χ4v) is 2.53. The van der Waals surface area contributed by atoms with Crippen LogP contribution in [0.3, 0.4) is 0 Å². The second kappa shape index (κ2) is 5.32. The number of nitrogens with two attached hydrogens (primary N) is 1. The van der Waals surface area contributed by atoms with Crippen LogP contribution in [0, 0.1) is 0 Å². The fourth-order valence-electron chi connectivity index (χ4n) is 2.53. The van der Waals surface area contributed by atoms with Crippen LogP contribution < -0.4 is 10.5 Å². The Morgan fingerprint density at radius 1 is 1.19 bits per heavy atom. The van der Waals surface area contributed by atoms with Crippen molar-refractivity contribution in [3.8, 4) is 5.75 Å². The number of methoxy groups -OCH3 is 1. The van der Waals surface area contributed by atoms with E-state index in [-0.39, 0.29) is 0 Å². The number of ether oxygens (including phenoxy) is 1. The molecule has 106 valence electrons. The summed E-state index contributed by atoms with van der Waals surface area (Å²) in [5.74, 6) is 0.432. The lowest BCUT2D eigenvalue weighted by atomic mass is 10.1. The fraction of sp³-hybridized carbons (Fsp3) is 0.118. The third-order valence-corrected chi connectivity index (χ3v) is 3.60. The Morgan fingerprint density at radius 3 is 2.76 bits per heavy atom. The molecule has 0 unspecified atom stereocenters. The maximum absolute atomic E-state index is 11.5. The number of rotatable bonds is 4. The number of aromatic nitrogens is 1. The van der Waals surface area contributed by atoms with Gasteiger partial charge < -0.3 is 15.0 Å². The number of amides is 1. The van der Waals surface area contributed by atoms with Crippen molar-refractivity contribution in [1.82, 2.24) is 4.57 Å². The SMILES string of the molecule is COc1ccc2c(ccn2Cc2ccccc2C(N)=O)c1. The average molecular weight is 280 g/mol. The van der Waals surface area contributed by atoms with Crippen LogP contribution in [0.25, 0.3) is 10.9 Å². The zero-order valence-corrected chi connectivity index (χ0v) is 11.7. The Kier molecular flexibility index (Phi) is 3.36. The molecule has 0 spiro atoms. The summed E-state index contributed by atoms with van der Waals surface area (Å²) in [6.07, 6.45) is 2.00. The van der Waals surface area contributed by atoms with Crippen LogP contribution in [0.2, 0.25) is 0 Å². The number of carbonyl (C=O) groups excluding carboxylic acids is 1. The summed E-state index contributed by atoms with van der Waals surface area (Å²) < 4.78 is 7.32. The minimum Gasteiger partial charge on any atom is -0.497 e. The predicted molar refractivity (Wildman–Crippen MR) is 82.6 cm³/mol. The van der Waals surface area contributed by atoms with Gasteiger partial charge >= 0.3 is 0 Å². The van der Waals surface area contributed by atoms with Crippen molar-refractivity contribution in [1.29, 1.82) is 0 Å². The zero-order valence-electron chi connectivity index (χ0n) is 11.7. The van der Waals surface area contributed by atoms with Gasteiger partial charge in [-0.05, 0) is 35.9 Å². The van der Waals surface area contributed by atoms with Crippen molar-refractivity contribution in [2.45, 2.75) is 6.54 Å². The monoisotopic (exact) mass is 280 g/mol. The van der Waals surface area contributed by atoms with Gasteiger partial charge in [0, 0.05) is 29.2 Å². The summed E-state index contributed by atoms with van der Waals surface area (Å²) in [4.78, 5) is 11.5. The number of fused-ring (bicyclic) bond motifs is 1. The second-order valence-electron chi connectivity index (χ2n) is 4.89. The Hall–Kier alpha value is -2.75. The van der Waals surface area contributed by atoms with E-state index in [4.69, 9.17) is 10.5 Å². The van der Waals surface area contributed by atoms with Crippen LogP contribution in [-0.2, 0) is 6.54 Å². The van der Waals surface area contributed by atoms with Gasteiger partial charge in [0.1, 0.15) is 5.75 Å². The molecule has 0 saturated heterocycles. The molecule has 2 N–H and O–H groups in total. The molecule has 0 atom stereocenters.